The lowest BCUT2D eigenvalue weighted by atomic mass is 10.2. The van der Waals surface area contributed by atoms with Gasteiger partial charge >= 0.3 is 0 Å². The van der Waals surface area contributed by atoms with Crippen molar-refractivity contribution in [3.63, 3.8) is 0 Å². The molecular formula is C14H11FN2O. The second-order valence-corrected chi connectivity index (χ2v) is 3.96. The van der Waals surface area contributed by atoms with E-state index in [9.17, 15) is 4.39 Å². The summed E-state index contributed by atoms with van der Waals surface area (Å²) in [6.45, 7) is 0. The van der Waals surface area contributed by atoms with Gasteiger partial charge in [0.05, 0.1) is 24.5 Å². The Morgan fingerprint density at radius 2 is 1.89 bits per heavy atom. The first kappa shape index (κ1) is 10.8. The molecule has 1 heterocycles. The molecule has 18 heavy (non-hydrogen) atoms. The molecule has 0 spiro atoms. The van der Waals surface area contributed by atoms with E-state index < -0.39 is 0 Å². The molecule has 0 bridgehead atoms. The van der Waals surface area contributed by atoms with E-state index in [-0.39, 0.29) is 5.82 Å². The van der Waals surface area contributed by atoms with Gasteiger partial charge in [-0.1, -0.05) is 0 Å². The maximum atomic E-state index is 12.9. The maximum absolute atomic E-state index is 12.9. The van der Waals surface area contributed by atoms with Crippen LogP contribution in [0, 0.1) is 5.82 Å². The van der Waals surface area contributed by atoms with Gasteiger partial charge in [-0.2, -0.15) is 5.10 Å². The van der Waals surface area contributed by atoms with Crippen molar-refractivity contribution in [3.05, 3.63) is 54.5 Å². The lowest BCUT2D eigenvalue weighted by Gasteiger charge is -2.04. The van der Waals surface area contributed by atoms with E-state index in [1.807, 2.05) is 18.2 Å². The van der Waals surface area contributed by atoms with Crippen molar-refractivity contribution in [2.24, 2.45) is 0 Å². The molecule has 0 radical (unpaired) electrons. The summed E-state index contributed by atoms with van der Waals surface area (Å²) in [5.41, 5.74) is 1.75. The minimum absolute atomic E-state index is 0.257. The summed E-state index contributed by atoms with van der Waals surface area (Å²) in [4.78, 5) is 0. The molecule has 0 saturated heterocycles. The van der Waals surface area contributed by atoms with E-state index in [0.29, 0.717) is 0 Å². The minimum Gasteiger partial charge on any atom is -0.497 e. The number of methoxy groups -OCH3 is 1. The molecule has 0 aliphatic carbocycles. The lowest BCUT2D eigenvalue weighted by molar-refractivity contribution is 0.415. The highest BCUT2D eigenvalue weighted by Crippen LogP contribution is 2.23. The molecule has 0 saturated carbocycles. The van der Waals surface area contributed by atoms with Gasteiger partial charge in [0.25, 0.3) is 0 Å². The van der Waals surface area contributed by atoms with E-state index in [0.717, 1.165) is 22.3 Å². The Morgan fingerprint density at radius 3 is 2.61 bits per heavy atom. The average molecular weight is 242 g/mol. The van der Waals surface area contributed by atoms with Crippen LogP contribution in [0.4, 0.5) is 4.39 Å². The fourth-order valence-corrected chi connectivity index (χ4v) is 1.91. The smallest absolute Gasteiger partial charge is 0.123 e. The maximum Gasteiger partial charge on any atom is 0.123 e. The van der Waals surface area contributed by atoms with Crippen LogP contribution < -0.4 is 4.74 Å². The Morgan fingerprint density at radius 1 is 1.11 bits per heavy atom. The Kier molecular flexibility index (Phi) is 2.48. The van der Waals surface area contributed by atoms with Crippen LogP contribution in [0.1, 0.15) is 0 Å². The summed E-state index contributed by atoms with van der Waals surface area (Å²) >= 11 is 0. The molecule has 2 aromatic carbocycles. The van der Waals surface area contributed by atoms with Gasteiger partial charge in [0.2, 0.25) is 0 Å². The summed E-state index contributed by atoms with van der Waals surface area (Å²) < 4.78 is 19.9. The molecule has 3 rings (SSSR count). The van der Waals surface area contributed by atoms with Crippen molar-refractivity contribution in [1.29, 1.82) is 0 Å². The molecule has 0 N–H and O–H groups in total. The number of benzene rings is 2. The van der Waals surface area contributed by atoms with Gasteiger partial charge in [0.15, 0.2) is 0 Å². The van der Waals surface area contributed by atoms with Crippen LogP contribution in [0.15, 0.2) is 48.7 Å². The molecular weight excluding hydrogens is 231 g/mol. The van der Waals surface area contributed by atoms with Gasteiger partial charge in [-0.25, -0.2) is 9.07 Å². The Labute approximate surface area is 103 Å². The van der Waals surface area contributed by atoms with Crippen molar-refractivity contribution in [2.75, 3.05) is 7.11 Å². The molecule has 0 aliphatic rings. The van der Waals surface area contributed by atoms with Crippen molar-refractivity contribution in [1.82, 2.24) is 9.78 Å². The highest BCUT2D eigenvalue weighted by Gasteiger charge is 2.06. The van der Waals surface area contributed by atoms with E-state index in [1.165, 1.54) is 12.1 Å². The molecule has 0 unspecified atom stereocenters. The molecule has 0 aliphatic heterocycles. The highest BCUT2D eigenvalue weighted by molar-refractivity contribution is 5.81. The third-order valence-corrected chi connectivity index (χ3v) is 2.85. The van der Waals surface area contributed by atoms with Crippen molar-refractivity contribution >= 4 is 10.9 Å². The predicted octanol–water partition coefficient (Wildman–Crippen LogP) is 3.17. The number of hydrogen-bond acceptors (Lipinski definition) is 2. The van der Waals surface area contributed by atoms with Crippen LogP contribution in [0.3, 0.4) is 0 Å². The highest BCUT2D eigenvalue weighted by atomic mass is 19.1. The van der Waals surface area contributed by atoms with Crippen molar-refractivity contribution in [2.45, 2.75) is 0 Å². The van der Waals surface area contributed by atoms with E-state index in [2.05, 4.69) is 5.10 Å². The van der Waals surface area contributed by atoms with Gasteiger partial charge in [-0.15, -0.1) is 0 Å². The standard InChI is InChI=1S/C14H11FN2O/c1-18-13-7-2-10-9-16-17(14(10)8-13)12-5-3-11(15)4-6-12/h2-9H,1H3. The predicted molar refractivity (Wildman–Crippen MR) is 67.6 cm³/mol. The summed E-state index contributed by atoms with van der Waals surface area (Å²) in [5.74, 6) is 0.513. The zero-order chi connectivity index (χ0) is 12.5. The largest absolute Gasteiger partial charge is 0.497 e. The van der Waals surface area contributed by atoms with Crippen LogP contribution in [-0.4, -0.2) is 16.9 Å². The summed E-state index contributed by atoms with van der Waals surface area (Å²) in [6, 6.07) is 12.0. The number of halogens is 1. The first-order chi connectivity index (χ1) is 8.78. The molecule has 4 heteroatoms. The number of nitrogens with zero attached hydrogens (tertiary/aromatic N) is 2. The van der Waals surface area contributed by atoms with Gasteiger partial charge in [0.1, 0.15) is 11.6 Å². The van der Waals surface area contributed by atoms with E-state index >= 15 is 0 Å². The van der Waals surface area contributed by atoms with E-state index in [4.69, 9.17) is 4.74 Å². The number of hydrogen-bond donors (Lipinski definition) is 0. The van der Waals surface area contributed by atoms with Crippen LogP contribution in [0.25, 0.3) is 16.6 Å². The molecule has 0 atom stereocenters. The summed E-state index contributed by atoms with van der Waals surface area (Å²) in [5, 5.41) is 5.32. The fourth-order valence-electron chi connectivity index (χ4n) is 1.91. The third kappa shape index (κ3) is 1.72. The number of aromatic nitrogens is 2. The van der Waals surface area contributed by atoms with Gasteiger partial charge in [-0.3, -0.25) is 0 Å². The second-order valence-electron chi connectivity index (χ2n) is 3.96. The fraction of sp³-hybridized carbons (Fsp3) is 0.0714. The first-order valence-electron chi connectivity index (χ1n) is 5.55. The Bertz CT molecular complexity index is 689. The Balaban J connectivity index is 2.19. The third-order valence-electron chi connectivity index (χ3n) is 2.85. The first-order valence-corrected chi connectivity index (χ1v) is 5.55. The Hall–Kier alpha value is -2.36. The molecule has 3 nitrogen and oxygen atoms in total. The summed E-state index contributed by atoms with van der Waals surface area (Å²) in [6.07, 6.45) is 1.78. The SMILES string of the molecule is COc1ccc2cnn(-c3ccc(F)cc3)c2c1. The molecule has 1 aromatic heterocycles. The van der Waals surface area contributed by atoms with Crippen LogP contribution in [0.2, 0.25) is 0 Å². The average Bonchev–Trinajstić information content (AvgIpc) is 2.82. The van der Waals surface area contributed by atoms with Gasteiger partial charge < -0.3 is 4.74 Å². The van der Waals surface area contributed by atoms with Crippen molar-refractivity contribution in [3.8, 4) is 11.4 Å². The molecule has 0 amide bonds. The number of ether oxygens (including phenoxy) is 1. The van der Waals surface area contributed by atoms with Crippen molar-refractivity contribution < 1.29 is 9.13 Å². The lowest BCUT2D eigenvalue weighted by Crippen LogP contribution is -1.96. The second kappa shape index (κ2) is 4.14. The van der Waals surface area contributed by atoms with Gasteiger partial charge in [0, 0.05) is 11.5 Å². The zero-order valence-corrected chi connectivity index (χ0v) is 9.80. The zero-order valence-electron chi connectivity index (χ0n) is 9.80. The number of fused-ring (bicyclic) bond motifs is 1. The number of rotatable bonds is 2. The van der Waals surface area contributed by atoms with Crippen LogP contribution in [0.5, 0.6) is 5.75 Å². The van der Waals surface area contributed by atoms with Crippen LogP contribution >= 0.6 is 0 Å². The molecule has 3 aromatic rings. The molecule has 0 fully saturated rings. The minimum atomic E-state index is -0.257. The van der Waals surface area contributed by atoms with Crippen LogP contribution in [-0.2, 0) is 0 Å². The van der Waals surface area contributed by atoms with Gasteiger partial charge in [-0.05, 0) is 36.4 Å². The topological polar surface area (TPSA) is 27.1 Å². The summed E-state index contributed by atoms with van der Waals surface area (Å²) in [7, 11) is 1.62. The molecule has 90 valence electrons. The monoisotopic (exact) mass is 242 g/mol. The normalized spacial score (nSPS) is 10.8. The quantitative estimate of drug-likeness (QED) is 0.690. The van der Waals surface area contributed by atoms with E-state index in [1.54, 1.807) is 30.1 Å².